The second kappa shape index (κ2) is 51.1. The monoisotopic (exact) mass is 996 g/mol. The van der Waals surface area contributed by atoms with Crippen molar-refractivity contribution in [1.29, 1.82) is 0 Å². The molecule has 0 heterocycles. The summed E-state index contributed by atoms with van der Waals surface area (Å²) in [5.41, 5.74) is 0. The molecule has 9 heteroatoms. The van der Waals surface area contributed by atoms with Gasteiger partial charge >= 0.3 is 7.82 Å². The summed E-state index contributed by atoms with van der Waals surface area (Å²) in [4.78, 5) is 23.2. The van der Waals surface area contributed by atoms with E-state index in [0.29, 0.717) is 17.4 Å². The molecular weight excluding hydrogens is 888 g/mol. The Morgan fingerprint density at radius 3 is 1.31 bits per heavy atom. The van der Waals surface area contributed by atoms with E-state index in [-0.39, 0.29) is 19.1 Å². The maximum atomic E-state index is 12.9. The number of nitrogens with zero attached hydrogens (tertiary/aromatic N) is 1. The molecule has 0 aliphatic rings. The van der Waals surface area contributed by atoms with Crippen molar-refractivity contribution >= 4 is 13.7 Å². The first kappa shape index (κ1) is 67.2. The van der Waals surface area contributed by atoms with Crippen LogP contribution in [-0.4, -0.2) is 73.4 Å². The van der Waals surface area contributed by atoms with E-state index in [4.69, 9.17) is 9.05 Å². The summed E-state index contributed by atoms with van der Waals surface area (Å²) in [5.74, 6) is -0.192. The van der Waals surface area contributed by atoms with E-state index in [2.05, 4.69) is 116 Å². The number of allylic oxidation sites excluding steroid dienone is 17. The van der Waals surface area contributed by atoms with Crippen LogP contribution in [0.1, 0.15) is 219 Å². The Bertz CT molecular complexity index is 1500. The number of hydrogen-bond acceptors (Lipinski definition) is 5. The van der Waals surface area contributed by atoms with E-state index >= 15 is 0 Å². The Morgan fingerprint density at radius 1 is 0.500 bits per heavy atom. The summed E-state index contributed by atoms with van der Waals surface area (Å²) in [5, 5.41) is 13.8. The third kappa shape index (κ3) is 53.0. The maximum absolute atomic E-state index is 12.9. The molecule has 0 aliphatic heterocycles. The lowest BCUT2D eigenvalue weighted by molar-refractivity contribution is -0.870. The van der Waals surface area contributed by atoms with Gasteiger partial charge in [0.1, 0.15) is 13.2 Å². The van der Waals surface area contributed by atoms with Gasteiger partial charge in [-0.1, -0.05) is 232 Å². The fourth-order valence-corrected chi connectivity index (χ4v) is 8.30. The normalized spacial score (nSPS) is 14.8. The topological polar surface area (TPSA) is 105 Å². The van der Waals surface area contributed by atoms with Gasteiger partial charge in [0.05, 0.1) is 39.9 Å². The Hall–Kier alpha value is -2.84. The largest absolute Gasteiger partial charge is 0.472 e. The SMILES string of the molecule is CC/C=C\C/C=C\C/C=C\C/C=C\C/C=C\C/C=C\C/C=C\CCCCCCCCCCCCCCCCCC(=O)NC(COP(=O)(O)OCC[N+](C)(C)C)C(O)/C=C/CC/C=C/CCCCCCC. The van der Waals surface area contributed by atoms with Crippen LogP contribution in [0.15, 0.2) is 109 Å². The first-order valence-electron chi connectivity index (χ1n) is 28.3. The molecule has 0 aromatic rings. The van der Waals surface area contributed by atoms with Crippen LogP contribution in [0.3, 0.4) is 0 Å². The number of hydrogen-bond donors (Lipinski definition) is 3. The standard InChI is InChI=1S/C61H107N2O6P/c1-6-8-10-12-14-16-18-19-20-21-22-23-24-25-26-27-28-29-30-31-32-33-34-35-36-37-38-39-40-41-42-43-45-47-49-51-53-55-61(65)62-59(58-69-70(66,67)68-57-56-63(3,4)5)60(64)54-52-50-48-46-44-17-15-13-11-9-7-2/h8,10,14,16,19-20,22-23,25-26,28-29,31-32,44,46,52,54,59-60,64H,6-7,9,11-13,15,17-18,21,24,27,30,33-43,45,47-51,53,55-58H2,1-5H3,(H-,62,65,66,67)/p+1/b10-8-,16-14-,20-19-,23-22-,26-25-,29-28-,32-31-,46-44+,54-52+. The van der Waals surface area contributed by atoms with Crippen LogP contribution >= 0.6 is 7.82 Å². The molecule has 3 atom stereocenters. The number of aliphatic hydroxyl groups excluding tert-OH is 1. The summed E-state index contributed by atoms with van der Waals surface area (Å²) in [6, 6.07) is -0.867. The minimum atomic E-state index is -4.35. The maximum Gasteiger partial charge on any atom is 0.472 e. The fourth-order valence-electron chi connectivity index (χ4n) is 7.57. The molecule has 0 spiro atoms. The number of phosphoric acid groups is 1. The molecule has 1 amide bonds. The van der Waals surface area contributed by atoms with Crippen molar-refractivity contribution in [1.82, 2.24) is 5.32 Å². The molecule has 70 heavy (non-hydrogen) atoms. The molecule has 8 nitrogen and oxygen atoms in total. The van der Waals surface area contributed by atoms with Crippen LogP contribution < -0.4 is 5.32 Å². The Balaban J connectivity index is 4.02. The number of unbranched alkanes of at least 4 members (excludes halogenated alkanes) is 21. The number of quaternary nitrogens is 1. The molecule has 0 aromatic carbocycles. The lowest BCUT2D eigenvalue weighted by atomic mass is 10.0. The van der Waals surface area contributed by atoms with Crippen molar-refractivity contribution in [2.45, 2.75) is 231 Å². The lowest BCUT2D eigenvalue weighted by Crippen LogP contribution is -2.45. The second-order valence-electron chi connectivity index (χ2n) is 19.9. The minimum Gasteiger partial charge on any atom is -0.387 e. The predicted molar refractivity (Wildman–Crippen MR) is 304 cm³/mol. The zero-order valence-electron chi connectivity index (χ0n) is 45.7. The van der Waals surface area contributed by atoms with Gasteiger partial charge in [0, 0.05) is 6.42 Å². The zero-order chi connectivity index (χ0) is 51.3. The quantitative estimate of drug-likeness (QED) is 0.0243. The number of phosphoric ester groups is 1. The van der Waals surface area contributed by atoms with E-state index < -0.39 is 20.0 Å². The van der Waals surface area contributed by atoms with Gasteiger partial charge in [0.15, 0.2) is 0 Å². The van der Waals surface area contributed by atoms with Gasteiger partial charge in [-0.15, -0.1) is 0 Å². The molecule has 0 saturated carbocycles. The number of carbonyl (C=O) groups is 1. The Labute approximate surface area is 431 Å². The van der Waals surface area contributed by atoms with Crippen molar-refractivity contribution in [3.8, 4) is 0 Å². The molecule has 0 radical (unpaired) electrons. The first-order valence-corrected chi connectivity index (χ1v) is 29.8. The molecule has 0 rings (SSSR count). The number of likely N-dealkylation sites (N-methyl/N-ethyl adjacent to an activating group) is 1. The molecule has 0 fully saturated rings. The third-order valence-electron chi connectivity index (χ3n) is 12.0. The van der Waals surface area contributed by atoms with Gasteiger partial charge in [0.2, 0.25) is 5.91 Å². The van der Waals surface area contributed by atoms with Crippen molar-refractivity contribution in [3.05, 3.63) is 109 Å². The number of carbonyl (C=O) groups excluding carboxylic acids is 1. The number of rotatable bonds is 50. The fraction of sp³-hybridized carbons (Fsp3) is 0.689. The van der Waals surface area contributed by atoms with E-state index in [9.17, 15) is 19.4 Å². The number of aliphatic hydroxyl groups is 1. The molecule has 0 aliphatic carbocycles. The molecule has 0 saturated heterocycles. The van der Waals surface area contributed by atoms with Gasteiger partial charge in [-0.3, -0.25) is 13.8 Å². The van der Waals surface area contributed by atoms with Crippen LogP contribution in [0.4, 0.5) is 0 Å². The summed E-state index contributed by atoms with van der Waals surface area (Å²) in [6.45, 7) is 4.64. The summed E-state index contributed by atoms with van der Waals surface area (Å²) < 4.78 is 23.6. The van der Waals surface area contributed by atoms with Gasteiger partial charge in [-0.25, -0.2) is 4.57 Å². The van der Waals surface area contributed by atoms with Gasteiger partial charge in [-0.05, 0) is 89.9 Å². The third-order valence-corrected chi connectivity index (χ3v) is 13.0. The highest BCUT2D eigenvalue weighted by Crippen LogP contribution is 2.43. The van der Waals surface area contributed by atoms with Crippen LogP contribution in [0.2, 0.25) is 0 Å². The molecule has 0 bridgehead atoms. The van der Waals surface area contributed by atoms with E-state index in [1.54, 1.807) is 6.08 Å². The summed E-state index contributed by atoms with van der Waals surface area (Å²) in [6.07, 6.45) is 74.9. The van der Waals surface area contributed by atoms with Crippen LogP contribution in [0.5, 0.6) is 0 Å². The number of nitrogens with one attached hydrogen (secondary N) is 1. The smallest absolute Gasteiger partial charge is 0.387 e. The molecule has 402 valence electrons. The van der Waals surface area contributed by atoms with Crippen molar-refractivity contribution in [3.63, 3.8) is 0 Å². The van der Waals surface area contributed by atoms with E-state index in [0.717, 1.165) is 83.5 Å². The van der Waals surface area contributed by atoms with Crippen LogP contribution in [0, 0.1) is 0 Å². The highest BCUT2D eigenvalue weighted by Gasteiger charge is 2.27. The second-order valence-corrected chi connectivity index (χ2v) is 21.4. The molecule has 0 aromatic heterocycles. The Morgan fingerprint density at radius 2 is 0.871 bits per heavy atom. The predicted octanol–water partition coefficient (Wildman–Crippen LogP) is 17.2. The van der Waals surface area contributed by atoms with Crippen LogP contribution in [0.25, 0.3) is 0 Å². The van der Waals surface area contributed by atoms with Gasteiger partial charge in [-0.2, -0.15) is 0 Å². The average Bonchev–Trinajstić information content (AvgIpc) is 3.32. The van der Waals surface area contributed by atoms with E-state index in [1.807, 2.05) is 27.2 Å². The van der Waals surface area contributed by atoms with E-state index in [1.165, 1.54) is 116 Å². The van der Waals surface area contributed by atoms with Crippen molar-refractivity contribution < 1.29 is 32.9 Å². The van der Waals surface area contributed by atoms with Gasteiger partial charge < -0.3 is 19.8 Å². The zero-order valence-corrected chi connectivity index (χ0v) is 46.6. The molecule has 3 unspecified atom stereocenters. The number of amides is 1. The van der Waals surface area contributed by atoms with Crippen molar-refractivity contribution in [2.75, 3.05) is 40.9 Å². The summed E-state index contributed by atoms with van der Waals surface area (Å²) in [7, 11) is 1.54. The Kier molecular flexibility index (Phi) is 49.0. The molecule has 3 N–H and O–H groups in total. The minimum absolute atomic E-state index is 0.0522. The highest BCUT2D eigenvalue weighted by atomic mass is 31.2. The van der Waals surface area contributed by atoms with Crippen LogP contribution in [-0.2, 0) is 18.4 Å². The molecular formula is C61H108N2O6P+. The highest BCUT2D eigenvalue weighted by molar-refractivity contribution is 7.47. The van der Waals surface area contributed by atoms with Crippen molar-refractivity contribution in [2.24, 2.45) is 0 Å². The van der Waals surface area contributed by atoms with Gasteiger partial charge in [0.25, 0.3) is 0 Å². The average molecular weight is 997 g/mol. The summed E-state index contributed by atoms with van der Waals surface area (Å²) >= 11 is 0. The lowest BCUT2D eigenvalue weighted by Gasteiger charge is -2.25. The first-order chi connectivity index (χ1) is 34.0.